The lowest BCUT2D eigenvalue weighted by Crippen LogP contribution is -2.42. The van der Waals surface area contributed by atoms with Gasteiger partial charge >= 0.3 is 6.18 Å². The molecule has 0 aromatic carbocycles. The molecule has 2 saturated heterocycles. The smallest absolute Gasteiger partial charge is 0.367 e. The second-order valence-corrected chi connectivity index (χ2v) is 9.71. The van der Waals surface area contributed by atoms with Crippen molar-refractivity contribution in [2.45, 2.75) is 69.8 Å². The van der Waals surface area contributed by atoms with Gasteiger partial charge in [-0.05, 0) is 38.5 Å². The summed E-state index contributed by atoms with van der Waals surface area (Å²) in [6.07, 6.45) is -0.978. The number of rotatable bonds is 4. The standard InChI is InChI=1S/C17H26F3N5O2S/c1-2-12-10-15(17(18,19)20)25-16(21-12)11-13(22-25)14-6-5-9-24(14)28(26,27)23-7-3-4-8-23/h11-12,14-15,21H,2-10H2,1H3/t12-,14+,15-/m1/s1. The van der Waals surface area contributed by atoms with Crippen LogP contribution in [-0.2, 0) is 10.2 Å². The summed E-state index contributed by atoms with van der Waals surface area (Å²) in [4.78, 5) is 0. The van der Waals surface area contributed by atoms with Gasteiger partial charge in [0.1, 0.15) is 5.82 Å². The van der Waals surface area contributed by atoms with Gasteiger partial charge in [-0.2, -0.15) is 35.3 Å². The van der Waals surface area contributed by atoms with E-state index in [1.165, 1.54) is 8.61 Å². The fourth-order valence-corrected chi connectivity index (χ4v) is 6.39. The molecule has 1 aromatic rings. The van der Waals surface area contributed by atoms with E-state index in [4.69, 9.17) is 0 Å². The van der Waals surface area contributed by atoms with E-state index < -0.39 is 28.5 Å². The van der Waals surface area contributed by atoms with Gasteiger partial charge in [0.05, 0.1) is 11.7 Å². The zero-order chi connectivity index (χ0) is 20.1. The highest BCUT2D eigenvalue weighted by Gasteiger charge is 2.47. The van der Waals surface area contributed by atoms with E-state index in [2.05, 4.69) is 10.4 Å². The highest BCUT2D eigenvalue weighted by molar-refractivity contribution is 7.86. The lowest BCUT2D eigenvalue weighted by atomic mass is 10.0. The Morgan fingerprint density at radius 1 is 1.21 bits per heavy atom. The van der Waals surface area contributed by atoms with E-state index in [9.17, 15) is 21.6 Å². The Morgan fingerprint density at radius 2 is 1.93 bits per heavy atom. The first kappa shape index (κ1) is 20.0. The summed E-state index contributed by atoms with van der Waals surface area (Å²) in [6, 6.07) is -0.882. The molecule has 2 fully saturated rings. The molecule has 0 amide bonds. The first-order chi connectivity index (χ1) is 13.2. The monoisotopic (exact) mass is 421 g/mol. The van der Waals surface area contributed by atoms with E-state index in [1.54, 1.807) is 6.07 Å². The summed E-state index contributed by atoms with van der Waals surface area (Å²) in [6.45, 7) is 3.22. The summed E-state index contributed by atoms with van der Waals surface area (Å²) in [5.41, 5.74) is 0.397. The van der Waals surface area contributed by atoms with Gasteiger partial charge in [0.25, 0.3) is 10.2 Å². The molecule has 1 aromatic heterocycles. The first-order valence-corrected chi connectivity index (χ1v) is 11.3. The molecule has 3 atom stereocenters. The van der Waals surface area contributed by atoms with Crippen LogP contribution in [0.3, 0.4) is 0 Å². The maximum atomic E-state index is 13.6. The Balaban J connectivity index is 1.66. The number of nitrogens with zero attached hydrogens (tertiary/aromatic N) is 4. The molecule has 4 heterocycles. The minimum atomic E-state index is -4.40. The third kappa shape index (κ3) is 3.41. The molecule has 7 nitrogen and oxygen atoms in total. The van der Waals surface area contributed by atoms with Crippen LogP contribution in [0.25, 0.3) is 0 Å². The molecule has 3 aliphatic heterocycles. The number of alkyl halides is 3. The Labute approximate surface area is 163 Å². The number of hydrogen-bond donors (Lipinski definition) is 1. The molecule has 28 heavy (non-hydrogen) atoms. The van der Waals surface area contributed by atoms with Crippen molar-refractivity contribution in [3.8, 4) is 0 Å². The van der Waals surface area contributed by atoms with Crippen LogP contribution < -0.4 is 5.32 Å². The fraction of sp³-hybridized carbons (Fsp3) is 0.824. The number of fused-ring (bicyclic) bond motifs is 1. The van der Waals surface area contributed by atoms with E-state index in [-0.39, 0.29) is 12.5 Å². The van der Waals surface area contributed by atoms with Crippen molar-refractivity contribution in [1.29, 1.82) is 0 Å². The van der Waals surface area contributed by atoms with Gasteiger partial charge in [-0.1, -0.05) is 6.92 Å². The molecule has 0 bridgehead atoms. The molecule has 1 N–H and O–H groups in total. The highest BCUT2D eigenvalue weighted by atomic mass is 32.2. The SMILES string of the molecule is CC[C@@H]1C[C@H](C(F)(F)F)n2nc([C@@H]3CCCN3S(=O)(=O)N3CCCC3)cc2N1. The Hall–Kier alpha value is -1.33. The van der Waals surface area contributed by atoms with Crippen molar-refractivity contribution < 1.29 is 21.6 Å². The van der Waals surface area contributed by atoms with E-state index in [0.717, 1.165) is 17.5 Å². The van der Waals surface area contributed by atoms with Crippen molar-refractivity contribution in [2.75, 3.05) is 25.0 Å². The maximum Gasteiger partial charge on any atom is 0.410 e. The molecule has 4 rings (SSSR count). The van der Waals surface area contributed by atoms with Crippen LogP contribution in [0.5, 0.6) is 0 Å². The molecule has 0 saturated carbocycles. The van der Waals surface area contributed by atoms with Gasteiger partial charge in [0.2, 0.25) is 0 Å². The van der Waals surface area contributed by atoms with Crippen LogP contribution >= 0.6 is 0 Å². The quantitative estimate of drug-likeness (QED) is 0.811. The molecule has 0 unspecified atom stereocenters. The maximum absolute atomic E-state index is 13.6. The molecule has 3 aliphatic rings. The molecule has 0 radical (unpaired) electrons. The van der Waals surface area contributed by atoms with Crippen LogP contribution in [0.4, 0.5) is 19.0 Å². The first-order valence-electron chi connectivity index (χ1n) is 9.91. The fourth-order valence-electron chi connectivity index (χ4n) is 4.48. The third-order valence-electron chi connectivity index (χ3n) is 6.01. The van der Waals surface area contributed by atoms with Crippen molar-refractivity contribution in [1.82, 2.24) is 18.4 Å². The number of aromatic nitrogens is 2. The van der Waals surface area contributed by atoms with Crippen LogP contribution in [0.2, 0.25) is 0 Å². The van der Waals surface area contributed by atoms with Crippen LogP contribution in [-0.4, -0.2) is 58.7 Å². The van der Waals surface area contributed by atoms with Gasteiger partial charge in [-0.25, -0.2) is 4.68 Å². The Morgan fingerprint density at radius 3 is 2.57 bits per heavy atom. The molecule has 158 valence electrons. The zero-order valence-electron chi connectivity index (χ0n) is 15.8. The largest absolute Gasteiger partial charge is 0.410 e. The molecular formula is C17H26F3N5O2S. The topological polar surface area (TPSA) is 70.5 Å². The number of anilines is 1. The number of halogens is 3. The Kier molecular flexibility index (Phi) is 5.11. The van der Waals surface area contributed by atoms with Crippen molar-refractivity contribution in [3.63, 3.8) is 0 Å². The summed E-state index contributed by atoms with van der Waals surface area (Å²) >= 11 is 0. The lowest BCUT2D eigenvalue weighted by Gasteiger charge is -2.32. The second kappa shape index (κ2) is 7.17. The van der Waals surface area contributed by atoms with Gasteiger partial charge in [0, 0.05) is 31.7 Å². The Bertz CT molecular complexity index is 819. The molecule has 0 spiro atoms. The summed E-state index contributed by atoms with van der Waals surface area (Å²) in [5, 5.41) is 7.37. The number of nitrogens with one attached hydrogen (secondary N) is 1. The minimum absolute atomic E-state index is 0.0748. The minimum Gasteiger partial charge on any atom is -0.367 e. The lowest BCUT2D eigenvalue weighted by molar-refractivity contribution is -0.173. The molecule has 0 aliphatic carbocycles. The van der Waals surface area contributed by atoms with Crippen LogP contribution in [0, 0.1) is 0 Å². The number of hydrogen-bond acceptors (Lipinski definition) is 4. The van der Waals surface area contributed by atoms with E-state index >= 15 is 0 Å². The predicted octanol–water partition coefficient (Wildman–Crippen LogP) is 3.06. The molecule has 11 heteroatoms. The van der Waals surface area contributed by atoms with Gasteiger partial charge < -0.3 is 5.32 Å². The van der Waals surface area contributed by atoms with Crippen molar-refractivity contribution in [3.05, 3.63) is 11.8 Å². The van der Waals surface area contributed by atoms with E-state index in [0.29, 0.717) is 50.4 Å². The summed E-state index contributed by atoms with van der Waals surface area (Å²) < 4.78 is 70.7. The average molecular weight is 421 g/mol. The van der Waals surface area contributed by atoms with Crippen LogP contribution in [0.15, 0.2) is 6.07 Å². The van der Waals surface area contributed by atoms with Crippen LogP contribution in [0.1, 0.15) is 63.2 Å². The highest BCUT2D eigenvalue weighted by Crippen LogP contribution is 2.42. The predicted molar refractivity (Wildman–Crippen MR) is 98.0 cm³/mol. The second-order valence-electron chi connectivity index (χ2n) is 7.82. The van der Waals surface area contributed by atoms with Gasteiger partial charge in [-0.15, -0.1) is 0 Å². The normalized spacial score (nSPS) is 29.8. The average Bonchev–Trinajstić information content (AvgIpc) is 3.39. The molecular weight excluding hydrogens is 395 g/mol. The zero-order valence-corrected chi connectivity index (χ0v) is 16.6. The summed E-state index contributed by atoms with van der Waals surface area (Å²) in [7, 11) is -3.62. The third-order valence-corrected chi connectivity index (χ3v) is 8.06. The van der Waals surface area contributed by atoms with Crippen molar-refractivity contribution in [2.24, 2.45) is 0 Å². The van der Waals surface area contributed by atoms with Crippen molar-refractivity contribution >= 4 is 16.0 Å². The van der Waals surface area contributed by atoms with Gasteiger partial charge in [-0.3, -0.25) is 0 Å². The van der Waals surface area contributed by atoms with Gasteiger partial charge in [0.15, 0.2) is 6.04 Å². The van der Waals surface area contributed by atoms with E-state index in [1.807, 2.05) is 6.92 Å². The summed E-state index contributed by atoms with van der Waals surface area (Å²) in [5.74, 6) is 0.320.